The van der Waals surface area contributed by atoms with Crippen molar-refractivity contribution in [3.05, 3.63) is 93.9 Å². The number of hydrogen-bond acceptors (Lipinski definition) is 3. The zero-order valence-corrected chi connectivity index (χ0v) is 14.3. The van der Waals surface area contributed by atoms with Crippen LogP contribution in [0.4, 0.5) is 0 Å². The monoisotopic (exact) mass is 343 g/mol. The van der Waals surface area contributed by atoms with E-state index in [9.17, 15) is 9.59 Å². The Bertz CT molecular complexity index is 1190. The first-order valence-corrected chi connectivity index (χ1v) is 8.38. The van der Waals surface area contributed by atoms with Crippen LogP contribution in [0.25, 0.3) is 16.6 Å². The lowest BCUT2D eigenvalue weighted by Gasteiger charge is -2.10. The van der Waals surface area contributed by atoms with Crippen LogP contribution in [-0.4, -0.2) is 15.3 Å². The van der Waals surface area contributed by atoms with Crippen LogP contribution in [0.3, 0.4) is 0 Å². The van der Waals surface area contributed by atoms with Crippen molar-refractivity contribution >= 4 is 22.5 Å². The largest absolute Gasteiger partial charge is 0.348 e. The van der Waals surface area contributed by atoms with E-state index in [0.717, 1.165) is 11.1 Å². The summed E-state index contributed by atoms with van der Waals surface area (Å²) in [5.41, 5.74) is 3.31. The minimum Gasteiger partial charge on any atom is -0.348 e. The smallest absolute Gasteiger partial charge is 0.265 e. The van der Waals surface area contributed by atoms with E-state index in [2.05, 4.69) is 10.3 Å². The van der Waals surface area contributed by atoms with Gasteiger partial charge in [0.05, 0.1) is 16.5 Å². The van der Waals surface area contributed by atoms with E-state index in [4.69, 9.17) is 0 Å². The molecule has 128 valence electrons. The molecule has 1 amide bonds. The number of rotatable bonds is 3. The lowest BCUT2D eigenvalue weighted by atomic mass is 10.1. The number of fused-ring (bicyclic) bond motifs is 2. The van der Waals surface area contributed by atoms with Gasteiger partial charge >= 0.3 is 0 Å². The molecule has 2 aromatic heterocycles. The van der Waals surface area contributed by atoms with Gasteiger partial charge in [0.1, 0.15) is 0 Å². The van der Waals surface area contributed by atoms with Crippen molar-refractivity contribution in [2.45, 2.75) is 13.5 Å². The van der Waals surface area contributed by atoms with E-state index in [1.54, 1.807) is 36.5 Å². The highest BCUT2D eigenvalue weighted by atomic mass is 16.1. The Morgan fingerprint density at radius 3 is 2.65 bits per heavy atom. The maximum atomic E-state index is 12.7. The molecule has 2 heterocycles. The van der Waals surface area contributed by atoms with Crippen LogP contribution < -0.4 is 10.9 Å². The molecule has 2 aromatic carbocycles. The van der Waals surface area contributed by atoms with Gasteiger partial charge in [-0.25, -0.2) is 4.98 Å². The summed E-state index contributed by atoms with van der Waals surface area (Å²) in [4.78, 5) is 29.9. The molecule has 0 bridgehead atoms. The minimum atomic E-state index is -0.256. The second-order valence-electron chi connectivity index (χ2n) is 6.16. The Balaban J connectivity index is 1.75. The van der Waals surface area contributed by atoms with Crippen molar-refractivity contribution in [1.82, 2.24) is 14.7 Å². The predicted octanol–water partition coefficient (Wildman–Crippen LogP) is 3.09. The lowest BCUT2D eigenvalue weighted by molar-refractivity contribution is 0.0952. The fourth-order valence-electron chi connectivity index (χ4n) is 3.03. The molecule has 4 rings (SSSR count). The first-order valence-electron chi connectivity index (χ1n) is 8.38. The number of para-hydroxylation sites is 1. The fraction of sp³-hybridized carbons (Fsp3) is 0.0952. The fourth-order valence-corrected chi connectivity index (χ4v) is 3.03. The normalized spacial score (nSPS) is 11.0. The van der Waals surface area contributed by atoms with Crippen molar-refractivity contribution in [3.63, 3.8) is 0 Å². The Morgan fingerprint density at radius 2 is 1.81 bits per heavy atom. The number of carbonyl (C=O) groups is 1. The predicted molar refractivity (Wildman–Crippen MR) is 101 cm³/mol. The number of carbonyl (C=O) groups excluding carboxylic acids is 1. The average molecular weight is 343 g/mol. The van der Waals surface area contributed by atoms with E-state index in [1.807, 2.05) is 37.3 Å². The molecule has 0 aliphatic rings. The highest BCUT2D eigenvalue weighted by molar-refractivity contribution is 6.00. The molecule has 4 aromatic rings. The number of aromatic nitrogens is 2. The van der Waals surface area contributed by atoms with Gasteiger partial charge in [0.15, 0.2) is 5.65 Å². The van der Waals surface area contributed by atoms with Gasteiger partial charge in [0, 0.05) is 12.7 Å². The number of nitrogens with one attached hydrogen (secondary N) is 1. The number of hydrogen-bond donors (Lipinski definition) is 1. The standard InChI is InChI=1S/C21H17N3O2/c1-14-7-2-3-8-15(14)13-22-20(25)17-10-6-12-24-19(17)23-18-11-5-4-9-16(18)21(24)26/h2-12H,13H2,1H3,(H,22,25). The van der Waals surface area contributed by atoms with Gasteiger partial charge in [0.25, 0.3) is 11.5 Å². The topological polar surface area (TPSA) is 63.5 Å². The minimum absolute atomic E-state index is 0.181. The first-order chi connectivity index (χ1) is 12.6. The molecular formula is C21H17N3O2. The molecule has 0 aliphatic carbocycles. The van der Waals surface area contributed by atoms with Crippen molar-refractivity contribution in [3.8, 4) is 0 Å². The van der Waals surface area contributed by atoms with E-state index in [1.165, 1.54) is 4.40 Å². The highest BCUT2D eigenvalue weighted by Crippen LogP contribution is 2.13. The Morgan fingerprint density at radius 1 is 1.04 bits per heavy atom. The third-order valence-electron chi connectivity index (χ3n) is 4.49. The van der Waals surface area contributed by atoms with Crippen LogP contribution in [0.2, 0.25) is 0 Å². The summed E-state index contributed by atoms with van der Waals surface area (Å²) in [5, 5.41) is 3.45. The van der Waals surface area contributed by atoms with Crippen LogP contribution in [0.5, 0.6) is 0 Å². The third-order valence-corrected chi connectivity index (χ3v) is 4.49. The van der Waals surface area contributed by atoms with Gasteiger partial charge in [-0.1, -0.05) is 36.4 Å². The van der Waals surface area contributed by atoms with E-state index < -0.39 is 0 Å². The highest BCUT2D eigenvalue weighted by Gasteiger charge is 2.14. The van der Waals surface area contributed by atoms with Crippen molar-refractivity contribution in [1.29, 1.82) is 0 Å². The lowest BCUT2D eigenvalue weighted by Crippen LogP contribution is -2.25. The molecule has 0 atom stereocenters. The van der Waals surface area contributed by atoms with Gasteiger partial charge in [-0.15, -0.1) is 0 Å². The van der Waals surface area contributed by atoms with E-state index in [0.29, 0.717) is 28.7 Å². The first kappa shape index (κ1) is 16.0. The SMILES string of the molecule is Cc1ccccc1CNC(=O)c1cccn2c(=O)c3ccccc3nc12. The molecule has 1 N–H and O–H groups in total. The van der Waals surface area contributed by atoms with Crippen molar-refractivity contribution < 1.29 is 4.79 Å². The zero-order valence-electron chi connectivity index (χ0n) is 14.3. The number of amides is 1. The molecule has 5 nitrogen and oxygen atoms in total. The summed E-state index contributed by atoms with van der Waals surface area (Å²) in [6.45, 7) is 2.43. The summed E-state index contributed by atoms with van der Waals surface area (Å²) in [6, 6.07) is 18.4. The molecule has 0 radical (unpaired) electrons. The summed E-state index contributed by atoms with van der Waals surface area (Å²) in [6.07, 6.45) is 1.63. The van der Waals surface area contributed by atoms with Gasteiger partial charge in [-0.3, -0.25) is 14.0 Å². The Kier molecular flexibility index (Phi) is 3.97. The van der Waals surface area contributed by atoms with Crippen molar-refractivity contribution in [2.75, 3.05) is 0 Å². The summed E-state index contributed by atoms with van der Waals surface area (Å²) in [7, 11) is 0. The average Bonchev–Trinajstić information content (AvgIpc) is 2.67. The number of benzene rings is 2. The Hall–Kier alpha value is -3.47. The zero-order chi connectivity index (χ0) is 18.1. The molecule has 0 saturated heterocycles. The van der Waals surface area contributed by atoms with Crippen LogP contribution in [0, 0.1) is 6.92 Å². The van der Waals surface area contributed by atoms with Crippen molar-refractivity contribution in [2.24, 2.45) is 0 Å². The number of pyridine rings is 1. The molecule has 0 unspecified atom stereocenters. The molecular weight excluding hydrogens is 326 g/mol. The second kappa shape index (κ2) is 6.44. The second-order valence-corrected chi connectivity index (χ2v) is 6.16. The van der Waals surface area contributed by atoms with Gasteiger partial charge in [0.2, 0.25) is 0 Å². The van der Waals surface area contributed by atoms with E-state index >= 15 is 0 Å². The summed E-state index contributed by atoms with van der Waals surface area (Å²) in [5.74, 6) is -0.256. The third kappa shape index (κ3) is 2.73. The molecule has 0 spiro atoms. The van der Waals surface area contributed by atoms with Gasteiger partial charge in [-0.05, 0) is 42.3 Å². The summed E-state index contributed by atoms with van der Waals surface area (Å²) >= 11 is 0. The van der Waals surface area contributed by atoms with Gasteiger partial charge < -0.3 is 5.32 Å². The van der Waals surface area contributed by atoms with Crippen LogP contribution in [0.1, 0.15) is 21.5 Å². The number of nitrogens with zero attached hydrogens (tertiary/aromatic N) is 2. The summed E-state index contributed by atoms with van der Waals surface area (Å²) < 4.78 is 1.42. The van der Waals surface area contributed by atoms with E-state index in [-0.39, 0.29) is 11.5 Å². The molecule has 26 heavy (non-hydrogen) atoms. The van der Waals surface area contributed by atoms with Crippen LogP contribution in [0.15, 0.2) is 71.7 Å². The Labute approximate surface area is 149 Å². The van der Waals surface area contributed by atoms with Gasteiger partial charge in [-0.2, -0.15) is 0 Å². The van der Waals surface area contributed by atoms with Crippen LogP contribution in [-0.2, 0) is 6.54 Å². The quantitative estimate of drug-likeness (QED) is 0.582. The maximum Gasteiger partial charge on any atom is 0.265 e. The molecule has 0 saturated carbocycles. The maximum absolute atomic E-state index is 12.7. The number of aryl methyl sites for hydroxylation is 1. The molecule has 5 heteroatoms. The molecule has 0 fully saturated rings. The van der Waals surface area contributed by atoms with Crippen LogP contribution >= 0.6 is 0 Å². The molecule has 0 aliphatic heterocycles.